The van der Waals surface area contributed by atoms with E-state index in [1.54, 1.807) is 19.9 Å². The minimum Gasteiger partial charge on any atom is -0.492 e. The molecule has 1 saturated heterocycles. The summed E-state index contributed by atoms with van der Waals surface area (Å²) < 4.78 is 20.7. The number of nitrogens with zero attached hydrogens (tertiary/aromatic N) is 1. The van der Waals surface area contributed by atoms with Crippen molar-refractivity contribution in [3.63, 3.8) is 0 Å². The molecule has 0 radical (unpaired) electrons. The number of rotatable bonds is 6. The Morgan fingerprint density at radius 1 is 1.44 bits per heavy atom. The number of piperidine rings is 1. The van der Waals surface area contributed by atoms with Gasteiger partial charge in [-0.15, -0.1) is 0 Å². The van der Waals surface area contributed by atoms with E-state index < -0.39 is 11.3 Å². The highest BCUT2D eigenvalue weighted by Gasteiger charge is 2.36. The average Bonchev–Trinajstić information content (AvgIpc) is 3.07. The number of ether oxygens (including phenoxy) is 1. The molecule has 1 aromatic carbocycles. The number of halogens is 2. The molecular formula is C20H28ClFN2O3. The number of likely N-dealkylation sites (tertiary alicyclic amines) is 1. The van der Waals surface area contributed by atoms with Crippen molar-refractivity contribution in [2.24, 2.45) is 0 Å². The molecular weight excluding hydrogens is 371 g/mol. The molecule has 0 atom stereocenters. The summed E-state index contributed by atoms with van der Waals surface area (Å²) in [5.74, 6) is 0.348. The molecule has 3 rings (SSSR count). The van der Waals surface area contributed by atoms with E-state index in [0.29, 0.717) is 67.5 Å². The standard InChI is InChI=1S/C20H28ClFN2O3/c1-19(2,26)12-24-8-6-20(22,7-9-24)5-3-16(25)14-11-15(21)17(23)13-4-10-27-18(13)14/h11,26H,3-10,12,23H2,1-2H3. The van der Waals surface area contributed by atoms with Gasteiger partial charge in [0.1, 0.15) is 11.4 Å². The predicted molar refractivity (Wildman–Crippen MR) is 104 cm³/mol. The Morgan fingerprint density at radius 2 is 2.11 bits per heavy atom. The minimum atomic E-state index is -1.35. The van der Waals surface area contributed by atoms with E-state index >= 15 is 4.39 Å². The zero-order valence-corrected chi connectivity index (χ0v) is 16.7. The van der Waals surface area contributed by atoms with Crippen LogP contribution in [0.1, 0.15) is 55.5 Å². The number of Topliss-reactive ketones (excluding diaryl/α,β-unsaturated/α-hetero) is 1. The number of alkyl halides is 1. The number of carbonyl (C=O) groups excluding carboxylic acids is 1. The van der Waals surface area contributed by atoms with Crippen LogP contribution in [-0.4, -0.2) is 53.3 Å². The van der Waals surface area contributed by atoms with E-state index in [1.807, 2.05) is 0 Å². The highest BCUT2D eigenvalue weighted by atomic mass is 35.5. The highest BCUT2D eigenvalue weighted by Crippen LogP contribution is 2.40. The molecule has 0 aromatic heterocycles. The maximum absolute atomic E-state index is 15.2. The molecule has 0 spiro atoms. The molecule has 150 valence electrons. The highest BCUT2D eigenvalue weighted by molar-refractivity contribution is 6.33. The molecule has 0 bridgehead atoms. The van der Waals surface area contributed by atoms with Gasteiger partial charge in [0.15, 0.2) is 5.78 Å². The van der Waals surface area contributed by atoms with Crippen LogP contribution in [-0.2, 0) is 6.42 Å². The van der Waals surface area contributed by atoms with Gasteiger partial charge in [-0.3, -0.25) is 4.79 Å². The van der Waals surface area contributed by atoms with Crippen molar-refractivity contribution < 1.29 is 19.0 Å². The molecule has 0 saturated carbocycles. The minimum absolute atomic E-state index is 0.109. The zero-order valence-electron chi connectivity index (χ0n) is 16.0. The number of nitrogen functional groups attached to an aromatic ring is 1. The van der Waals surface area contributed by atoms with E-state index in [4.69, 9.17) is 22.1 Å². The molecule has 5 nitrogen and oxygen atoms in total. The van der Waals surface area contributed by atoms with E-state index in [1.165, 1.54) is 0 Å². The first-order valence-corrected chi connectivity index (χ1v) is 9.86. The molecule has 27 heavy (non-hydrogen) atoms. The van der Waals surface area contributed by atoms with E-state index in [2.05, 4.69) is 4.90 Å². The number of anilines is 1. The topological polar surface area (TPSA) is 75.8 Å². The van der Waals surface area contributed by atoms with Crippen molar-refractivity contribution >= 4 is 23.1 Å². The number of fused-ring (bicyclic) bond motifs is 1. The van der Waals surface area contributed by atoms with Crippen LogP contribution in [0.5, 0.6) is 5.75 Å². The summed E-state index contributed by atoms with van der Waals surface area (Å²) in [6.45, 7) is 5.67. The van der Waals surface area contributed by atoms with E-state index in [0.717, 1.165) is 5.56 Å². The second-order valence-electron chi connectivity index (χ2n) is 8.39. The number of hydrogen-bond acceptors (Lipinski definition) is 5. The van der Waals surface area contributed by atoms with Gasteiger partial charge in [0, 0.05) is 38.0 Å². The van der Waals surface area contributed by atoms with Crippen LogP contribution < -0.4 is 10.5 Å². The van der Waals surface area contributed by atoms with Gasteiger partial charge in [0.2, 0.25) is 0 Å². The Balaban J connectivity index is 1.60. The summed E-state index contributed by atoms with van der Waals surface area (Å²) in [6, 6.07) is 1.54. The SMILES string of the molecule is CC(C)(O)CN1CCC(F)(CCC(=O)c2cc(Cl)c(N)c3c2OCC3)CC1. The number of β-amino-alcohol motifs (C(OH)–C–C–N with tert-alkyl or cyclic N) is 1. The Labute approximate surface area is 164 Å². The largest absolute Gasteiger partial charge is 0.492 e. The van der Waals surface area contributed by atoms with Crippen molar-refractivity contribution in [2.75, 3.05) is 32.0 Å². The maximum Gasteiger partial charge on any atom is 0.166 e. The monoisotopic (exact) mass is 398 g/mol. The molecule has 2 aliphatic rings. The summed E-state index contributed by atoms with van der Waals surface area (Å²) >= 11 is 6.15. The van der Waals surface area contributed by atoms with Gasteiger partial charge in [-0.25, -0.2) is 4.39 Å². The van der Waals surface area contributed by atoms with Gasteiger partial charge in [0.05, 0.1) is 28.5 Å². The fourth-order valence-corrected chi connectivity index (χ4v) is 4.18. The molecule has 2 aliphatic heterocycles. The Kier molecular flexibility index (Phi) is 5.71. The first-order valence-electron chi connectivity index (χ1n) is 9.48. The Hall–Kier alpha value is -1.37. The predicted octanol–water partition coefficient (Wildman–Crippen LogP) is 3.40. The number of carbonyl (C=O) groups is 1. The van der Waals surface area contributed by atoms with Crippen molar-refractivity contribution in [1.82, 2.24) is 4.90 Å². The van der Waals surface area contributed by atoms with Crippen LogP contribution in [0, 0.1) is 0 Å². The third-order valence-electron chi connectivity index (χ3n) is 5.43. The lowest BCUT2D eigenvalue weighted by atomic mass is 9.86. The average molecular weight is 399 g/mol. The molecule has 0 amide bonds. The van der Waals surface area contributed by atoms with Crippen LogP contribution in [0.15, 0.2) is 6.07 Å². The van der Waals surface area contributed by atoms with Gasteiger partial charge in [-0.05, 0) is 39.2 Å². The van der Waals surface area contributed by atoms with E-state index in [9.17, 15) is 9.90 Å². The molecule has 0 aliphatic carbocycles. The fourth-order valence-electron chi connectivity index (χ4n) is 3.96. The van der Waals surface area contributed by atoms with Crippen LogP contribution >= 0.6 is 11.6 Å². The zero-order chi connectivity index (χ0) is 19.8. The number of hydrogen-bond donors (Lipinski definition) is 2. The Morgan fingerprint density at radius 3 is 2.74 bits per heavy atom. The van der Waals surface area contributed by atoms with Crippen molar-refractivity contribution in [1.29, 1.82) is 0 Å². The van der Waals surface area contributed by atoms with Crippen molar-refractivity contribution in [3.05, 3.63) is 22.2 Å². The van der Waals surface area contributed by atoms with E-state index in [-0.39, 0.29) is 18.6 Å². The lowest BCUT2D eigenvalue weighted by Crippen LogP contribution is -2.47. The fraction of sp³-hybridized carbons (Fsp3) is 0.650. The smallest absolute Gasteiger partial charge is 0.166 e. The first-order chi connectivity index (χ1) is 12.6. The van der Waals surface area contributed by atoms with Gasteiger partial charge in [-0.2, -0.15) is 0 Å². The molecule has 3 N–H and O–H groups in total. The van der Waals surface area contributed by atoms with Crippen LogP contribution in [0.3, 0.4) is 0 Å². The summed E-state index contributed by atoms with van der Waals surface area (Å²) in [4.78, 5) is 14.8. The van der Waals surface area contributed by atoms with Crippen LogP contribution in [0.2, 0.25) is 5.02 Å². The van der Waals surface area contributed by atoms with Crippen molar-refractivity contribution in [3.8, 4) is 5.75 Å². The Bertz CT molecular complexity index is 725. The summed E-state index contributed by atoms with van der Waals surface area (Å²) in [7, 11) is 0. The summed E-state index contributed by atoms with van der Waals surface area (Å²) in [6.07, 6.45) is 1.66. The van der Waals surface area contributed by atoms with Crippen LogP contribution in [0.4, 0.5) is 10.1 Å². The third kappa shape index (κ3) is 4.73. The number of aliphatic hydroxyl groups is 1. The van der Waals surface area contributed by atoms with Gasteiger partial charge in [0.25, 0.3) is 0 Å². The molecule has 2 heterocycles. The summed E-state index contributed by atoms with van der Waals surface area (Å²) in [5, 5.41) is 10.3. The molecule has 0 unspecified atom stereocenters. The normalized spacial score (nSPS) is 19.6. The molecule has 1 aromatic rings. The van der Waals surface area contributed by atoms with Gasteiger partial charge < -0.3 is 20.5 Å². The number of benzene rings is 1. The lowest BCUT2D eigenvalue weighted by molar-refractivity contribution is -0.00367. The second-order valence-corrected chi connectivity index (χ2v) is 8.80. The summed E-state index contributed by atoms with van der Waals surface area (Å²) in [5.41, 5.74) is 5.47. The van der Waals surface area contributed by atoms with Gasteiger partial charge >= 0.3 is 0 Å². The quantitative estimate of drug-likeness (QED) is 0.567. The second kappa shape index (κ2) is 7.57. The van der Waals surface area contributed by atoms with Gasteiger partial charge in [-0.1, -0.05) is 11.6 Å². The van der Waals surface area contributed by atoms with Crippen molar-refractivity contribution in [2.45, 2.75) is 57.2 Å². The molecule has 1 fully saturated rings. The van der Waals surface area contributed by atoms with Crippen LogP contribution in [0.25, 0.3) is 0 Å². The maximum atomic E-state index is 15.2. The first kappa shape index (κ1) is 20.4. The number of ketones is 1. The molecule has 7 heteroatoms. The number of nitrogens with two attached hydrogens (primary N) is 1. The third-order valence-corrected chi connectivity index (χ3v) is 5.75. The lowest BCUT2D eigenvalue weighted by Gasteiger charge is -2.38.